The van der Waals surface area contributed by atoms with E-state index in [1.165, 1.54) is 5.56 Å². The van der Waals surface area contributed by atoms with Crippen molar-refractivity contribution in [2.24, 2.45) is 0 Å². The third-order valence-corrected chi connectivity index (χ3v) is 3.07. The Morgan fingerprint density at radius 1 is 1.11 bits per heavy atom. The fourth-order valence-electron chi connectivity index (χ4n) is 1.85. The number of nitrogens with zero attached hydrogens (tertiary/aromatic N) is 2. The zero-order chi connectivity index (χ0) is 13.8. The largest absolute Gasteiger partial charge is 0.345 e. The second kappa shape index (κ2) is 5.65. The Morgan fingerprint density at radius 3 is 2.26 bits per heavy atom. The minimum Gasteiger partial charge on any atom is -0.345 e. The number of pyridine rings is 1. The van der Waals surface area contributed by atoms with E-state index in [1.807, 2.05) is 36.5 Å². The zero-order valence-electron chi connectivity index (χ0n) is 11.6. The summed E-state index contributed by atoms with van der Waals surface area (Å²) >= 11 is 0. The van der Waals surface area contributed by atoms with Gasteiger partial charge in [0.1, 0.15) is 0 Å². The molecule has 0 unspecified atom stereocenters. The number of benzene rings is 1. The van der Waals surface area contributed by atoms with Crippen molar-refractivity contribution in [1.29, 1.82) is 0 Å². The smallest absolute Gasteiger partial charge is 0.253 e. The molecule has 1 aromatic carbocycles. The van der Waals surface area contributed by atoms with Gasteiger partial charge in [-0.3, -0.25) is 9.78 Å². The molecule has 0 atom stereocenters. The van der Waals surface area contributed by atoms with Gasteiger partial charge in [0, 0.05) is 31.4 Å². The predicted molar refractivity (Wildman–Crippen MR) is 77.1 cm³/mol. The first-order valence-corrected chi connectivity index (χ1v) is 6.39. The van der Waals surface area contributed by atoms with Crippen LogP contribution in [0.2, 0.25) is 0 Å². The number of aryl methyl sites for hydroxylation is 1. The first-order chi connectivity index (χ1) is 9.11. The monoisotopic (exact) mass is 254 g/mol. The van der Waals surface area contributed by atoms with Gasteiger partial charge < -0.3 is 4.90 Å². The fourth-order valence-corrected chi connectivity index (χ4v) is 1.85. The quantitative estimate of drug-likeness (QED) is 0.843. The van der Waals surface area contributed by atoms with Crippen LogP contribution in [-0.4, -0.2) is 29.9 Å². The van der Waals surface area contributed by atoms with E-state index in [-0.39, 0.29) is 5.91 Å². The molecule has 98 valence electrons. The summed E-state index contributed by atoms with van der Waals surface area (Å²) in [6.07, 6.45) is 2.89. The van der Waals surface area contributed by atoms with E-state index in [0.717, 1.165) is 17.7 Å². The van der Waals surface area contributed by atoms with E-state index in [2.05, 4.69) is 18.0 Å². The van der Waals surface area contributed by atoms with Crippen molar-refractivity contribution in [3.05, 3.63) is 53.7 Å². The van der Waals surface area contributed by atoms with Gasteiger partial charge in [-0.15, -0.1) is 0 Å². The van der Waals surface area contributed by atoms with Crippen molar-refractivity contribution >= 4 is 5.91 Å². The van der Waals surface area contributed by atoms with Crippen LogP contribution in [0.15, 0.2) is 42.6 Å². The molecule has 2 rings (SSSR count). The van der Waals surface area contributed by atoms with E-state index >= 15 is 0 Å². The van der Waals surface area contributed by atoms with Crippen LogP contribution in [0, 0.1) is 0 Å². The van der Waals surface area contributed by atoms with Crippen LogP contribution < -0.4 is 0 Å². The molecule has 3 nitrogen and oxygen atoms in total. The van der Waals surface area contributed by atoms with Crippen LogP contribution in [-0.2, 0) is 6.42 Å². The molecule has 3 heteroatoms. The highest BCUT2D eigenvalue weighted by Gasteiger charge is 2.07. The van der Waals surface area contributed by atoms with Crippen LogP contribution in [0.4, 0.5) is 0 Å². The molecule has 0 aliphatic heterocycles. The molecule has 0 saturated carbocycles. The van der Waals surface area contributed by atoms with Crippen LogP contribution in [0.1, 0.15) is 22.8 Å². The lowest BCUT2D eigenvalue weighted by Gasteiger charge is -2.10. The van der Waals surface area contributed by atoms with E-state index < -0.39 is 0 Å². The highest BCUT2D eigenvalue weighted by molar-refractivity contribution is 5.94. The molecule has 0 aliphatic rings. The minimum absolute atomic E-state index is 0.0147. The number of carbonyl (C=O) groups is 1. The molecular formula is C16H18N2O. The maximum absolute atomic E-state index is 11.8. The Bertz CT molecular complexity index is 556. The molecule has 1 aromatic heterocycles. The van der Waals surface area contributed by atoms with Gasteiger partial charge in [0.25, 0.3) is 5.91 Å². The van der Waals surface area contributed by atoms with Crippen LogP contribution >= 0.6 is 0 Å². The molecule has 0 radical (unpaired) electrons. The van der Waals surface area contributed by atoms with E-state index in [1.54, 1.807) is 19.0 Å². The summed E-state index contributed by atoms with van der Waals surface area (Å²) in [7, 11) is 3.50. The second-order valence-electron chi connectivity index (χ2n) is 4.68. The van der Waals surface area contributed by atoms with Crippen molar-refractivity contribution in [1.82, 2.24) is 9.88 Å². The molecule has 1 heterocycles. The summed E-state index contributed by atoms with van der Waals surface area (Å²) in [5.74, 6) is 0.0147. The number of aromatic nitrogens is 1. The molecule has 0 saturated heterocycles. The van der Waals surface area contributed by atoms with E-state index in [0.29, 0.717) is 5.56 Å². The third kappa shape index (κ3) is 2.99. The van der Waals surface area contributed by atoms with Gasteiger partial charge in [-0.05, 0) is 30.2 Å². The molecule has 0 bridgehead atoms. The zero-order valence-corrected chi connectivity index (χ0v) is 11.6. The lowest BCUT2D eigenvalue weighted by Crippen LogP contribution is -2.21. The normalized spacial score (nSPS) is 10.3. The lowest BCUT2D eigenvalue weighted by molar-refractivity contribution is 0.0827. The Labute approximate surface area is 113 Å². The second-order valence-corrected chi connectivity index (χ2v) is 4.68. The van der Waals surface area contributed by atoms with Gasteiger partial charge in [0.2, 0.25) is 0 Å². The summed E-state index contributed by atoms with van der Waals surface area (Å²) in [6.45, 7) is 2.11. The third-order valence-electron chi connectivity index (χ3n) is 3.07. The number of rotatable bonds is 3. The molecule has 2 aromatic rings. The van der Waals surface area contributed by atoms with Gasteiger partial charge in [-0.1, -0.05) is 25.1 Å². The maximum atomic E-state index is 11.8. The summed E-state index contributed by atoms with van der Waals surface area (Å²) < 4.78 is 0. The van der Waals surface area contributed by atoms with Crippen molar-refractivity contribution in [2.45, 2.75) is 13.3 Å². The summed E-state index contributed by atoms with van der Waals surface area (Å²) in [5.41, 5.74) is 3.88. The van der Waals surface area contributed by atoms with Gasteiger partial charge in [0.05, 0.1) is 5.69 Å². The van der Waals surface area contributed by atoms with Gasteiger partial charge in [0.15, 0.2) is 0 Å². The van der Waals surface area contributed by atoms with Gasteiger partial charge in [-0.2, -0.15) is 0 Å². The molecule has 0 spiro atoms. The molecule has 0 fully saturated rings. The highest BCUT2D eigenvalue weighted by Crippen LogP contribution is 2.18. The Kier molecular flexibility index (Phi) is 3.95. The SMILES string of the molecule is CCc1ccc(-c2ccc(C(=O)N(C)C)cc2)nc1. The molecule has 0 aliphatic carbocycles. The van der Waals surface area contributed by atoms with E-state index in [4.69, 9.17) is 0 Å². The molecular weight excluding hydrogens is 236 g/mol. The first kappa shape index (κ1) is 13.3. The Balaban J connectivity index is 2.24. The molecule has 0 N–H and O–H groups in total. The fraction of sp³-hybridized carbons (Fsp3) is 0.250. The van der Waals surface area contributed by atoms with Gasteiger partial charge in [-0.25, -0.2) is 0 Å². The maximum Gasteiger partial charge on any atom is 0.253 e. The molecule has 1 amide bonds. The summed E-state index contributed by atoms with van der Waals surface area (Å²) in [4.78, 5) is 17.8. The van der Waals surface area contributed by atoms with Crippen LogP contribution in [0.3, 0.4) is 0 Å². The molecule has 19 heavy (non-hydrogen) atoms. The topological polar surface area (TPSA) is 33.2 Å². The van der Waals surface area contributed by atoms with Crippen LogP contribution in [0.5, 0.6) is 0 Å². The highest BCUT2D eigenvalue weighted by atomic mass is 16.2. The van der Waals surface area contributed by atoms with E-state index in [9.17, 15) is 4.79 Å². The number of amides is 1. The van der Waals surface area contributed by atoms with Crippen molar-refractivity contribution in [2.75, 3.05) is 14.1 Å². The summed E-state index contributed by atoms with van der Waals surface area (Å²) in [5, 5.41) is 0. The average molecular weight is 254 g/mol. The van der Waals surface area contributed by atoms with Crippen molar-refractivity contribution < 1.29 is 4.79 Å². The van der Waals surface area contributed by atoms with Crippen molar-refractivity contribution in [3.8, 4) is 11.3 Å². The van der Waals surface area contributed by atoms with Crippen LogP contribution in [0.25, 0.3) is 11.3 Å². The number of carbonyl (C=O) groups excluding carboxylic acids is 1. The predicted octanol–water partition coefficient (Wildman–Crippen LogP) is 3.01. The average Bonchev–Trinajstić information content (AvgIpc) is 2.46. The lowest BCUT2D eigenvalue weighted by atomic mass is 10.1. The number of hydrogen-bond donors (Lipinski definition) is 0. The standard InChI is InChI=1S/C16H18N2O/c1-4-12-5-10-15(17-11-12)13-6-8-14(9-7-13)16(19)18(2)3/h5-11H,4H2,1-3H3. The number of hydrogen-bond acceptors (Lipinski definition) is 2. The summed E-state index contributed by atoms with van der Waals surface area (Å²) in [6, 6.07) is 11.7. The Hall–Kier alpha value is -2.16. The van der Waals surface area contributed by atoms with Crippen molar-refractivity contribution in [3.63, 3.8) is 0 Å². The first-order valence-electron chi connectivity index (χ1n) is 6.39. The van der Waals surface area contributed by atoms with Gasteiger partial charge >= 0.3 is 0 Å². The Morgan fingerprint density at radius 2 is 1.79 bits per heavy atom. The minimum atomic E-state index is 0.0147.